The van der Waals surface area contributed by atoms with E-state index in [1.165, 1.54) is 0 Å². The van der Waals surface area contributed by atoms with E-state index >= 15 is 0 Å². The molecular weight excluding hydrogens is 218 g/mol. The number of nitrogens with one attached hydrogen (secondary N) is 1. The van der Waals surface area contributed by atoms with Gasteiger partial charge in [0.05, 0.1) is 0 Å². The summed E-state index contributed by atoms with van der Waals surface area (Å²) in [5.41, 5.74) is 0. The molecule has 0 spiro atoms. The molecule has 1 heterocycles. The molecule has 84 valence electrons. The van der Waals surface area contributed by atoms with Crippen molar-refractivity contribution in [3.05, 3.63) is 0 Å². The molecule has 0 aromatic rings. The second-order valence-corrected chi connectivity index (χ2v) is 7.11. The zero-order valence-corrected chi connectivity index (χ0v) is 10.5. The minimum atomic E-state index is -0.729. The highest BCUT2D eigenvalue weighted by molar-refractivity contribution is 7.85. The second kappa shape index (κ2) is 5.98. The van der Waals surface area contributed by atoms with Gasteiger partial charge in [-0.25, -0.2) is 0 Å². The first kappa shape index (κ1) is 12.3. The van der Waals surface area contributed by atoms with Crippen LogP contribution in [0, 0.1) is 0 Å². The first-order chi connectivity index (χ1) is 6.58. The maximum absolute atomic E-state index is 11.1. The van der Waals surface area contributed by atoms with Gasteiger partial charge in [-0.3, -0.25) is 8.42 Å². The third-order valence-corrected chi connectivity index (χ3v) is 4.74. The summed E-state index contributed by atoms with van der Waals surface area (Å²) in [7, 11) is -1.32. The van der Waals surface area contributed by atoms with E-state index in [1.54, 1.807) is 6.26 Å². The van der Waals surface area contributed by atoms with Crippen molar-refractivity contribution in [1.82, 2.24) is 5.32 Å². The molecule has 1 N–H and O–H groups in total. The molecule has 0 aliphatic carbocycles. The Morgan fingerprint density at radius 3 is 2.57 bits per heavy atom. The maximum Gasteiger partial charge on any atom is 0.0383 e. The highest BCUT2D eigenvalue weighted by atomic mass is 32.2. The van der Waals surface area contributed by atoms with E-state index in [2.05, 4.69) is 12.2 Å². The van der Waals surface area contributed by atoms with Gasteiger partial charge >= 0.3 is 0 Å². The molecule has 1 fully saturated rings. The van der Waals surface area contributed by atoms with Gasteiger partial charge in [-0.1, -0.05) is 0 Å². The van der Waals surface area contributed by atoms with E-state index in [4.69, 9.17) is 0 Å². The SMILES string of the molecule is CC(CS(C)=O)NC1CCS(=O)CC1. The van der Waals surface area contributed by atoms with Crippen molar-refractivity contribution < 1.29 is 8.42 Å². The lowest BCUT2D eigenvalue weighted by atomic mass is 10.1. The van der Waals surface area contributed by atoms with Crippen molar-refractivity contribution in [2.75, 3.05) is 23.5 Å². The fourth-order valence-electron chi connectivity index (χ4n) is 1.76. The average molecular weight is 237 g/mol. The van der Waals surface area contributed by atoms with Crippen molar-refractivity contribution in [3.8, 4) is 0 Å². The molecule has 0 saturated carbocycles. The Morgan fingerprint density at radius 1 is 1.50 bits per heavy atom. The molecule has 0 aromatic carbocycles. The van der Waals surface area contributed by atoms with Gasteiger partial charge < -0.3 is 5.32 Å². The summed E-state index contributed by atoms with van der Waals surface area (Å²) in [6.07, 6.45) is 3.72. The molecule has 5 heteroatoms. The Morgan fingerprint density at radius 2 is 2.07 bits per heavy atom. The number of hydrogen-bond donors (Lipinski definition) is 1. The van der Waals surface area contributed by atoms with Gasteiger partial charge in [0.15, 0.2) is 0 Å². The second-order valence-electron chi connectivity index (χ2n) is 3.93. The molecule has 3 nitrogen and oxygen atoms in total. The van der Waals surface area contributed by atoms with Crippen molar-refractivity contribution in [3.63, 3.8) is 0 Å². The van der Waals surface area contributed by atoms with Crippen LogP contribution in [-0.2, 0) is 21.6 Å². The summed E-state index contributed by atoms with van der Waals surface area (Å²) in [5, 5.41) is 3.44. The maximum atomic E-state index is 11.1. The Hall–Kier alpha value is 0.260. The number of rotatable bonds is 4. The first-order valence-corrected chi connectivity index (χ1v) is 8.20. The van der Waals surface area contributed by atoms with E-state index < -0.39 is 21.6 Å². The monoisotopic (exact) mass is 237 g/mol. The molecule has 0 amide bonds. The molecule has 14 heavy (non-hydrogen) atoms. The quantitative estimate of drug-likeness (QED) is 0.762. The van der Waals surface area contributed by atoms with Gasteiger partial charge in [-0.15, -0.1) is 0 Å². The molecule has 2 atom stereocenters. The highest BCUT2D eigenvalue weighted by Gasteiger charge is 2.19. The summed E-state index contributed by atoms with van der Waals surface area (Å²) >= 11 is 0. The highest BCUT2D eigenvalue weighted by Crippen LogP contribution is 2.09. The third kappa shape index (κ3) is 4.66. The van der Waals surface area contributed by atoms with Crippen LogP contribution >= 0.6 is 0 Å². The van der Waals surface area contributed by atoms with Crippen LogP contribution in [0.3, 0.4) is 0 Å². The van der Waals surface area contributed by atoms with E-state index in [0.29, 0.717) is 17.8 Å². The molecule has 1 aliphatic rings. The zero-order chi connectivity index (χ0) is 10.6. The summed E-state index contributed by atoms with van der Waals surface area (Å²) in [4.78, 5) is 0. The fourth-order valence-corrected chi connectivity index (χ4v) is 3.86. The Bertz CT molecular complexity index is 223. The molecule has 1 saturated heterocycles. The van der Waals surface area contributed by atoms with E-state index in [1.807, 2.05) is 0 Å². The van der Waals surface area contributed by atoms with Gasteiger partial charge in [-0.05, 0) is 19.8 Å². The van der Waals surface area contributed by atoms with Crippen LogP contribution in [0.2, 0.25) is 0 Å². The van der Waals surface area contributed by atoms with Crippen LogP contribution < -0.4 is 5.32 Å². The van der Waals surface area contributed by atoms with Gasteiger partial charge in [0.25, 0.3) is 0 Å². The average Bonchev–Trinajstić information content (AvgIpc) is 2.07. The lowest BCUT2D eigenvalue weighted by molar-refractivity contribution is 0.437. The smallest absolute Gasteiger partial charge is 0.0383 e. The molecule has 1 aliphatic heterocycles. The predicted octanol–water partition coefficient (Wildman–Crippen LogP) is 0.254. The van der Waals surface area contributed by atoms with Gasteiger partial charge in [0, 0.05) is 57.2 Å². The molecule has 2 unspecified atom stereocenters. The van der Waals surface area contributed by atoms with Gasteiger partial charge in [-0.2, -0.15) is 0 Å². The van der Waals surface area contributed by atoms with E-state index in [9.17, 15) is 8.42 Å². The molecular formula is C9H19NO2S2. The molecule has 0 bridgehead atoms. The van der Waals surface area contributed by atoms with Crippen LogP contribution in [0.4, 0.5) is 0 Å². The number of hydrogen-bond acceptors (Lipinski definition) is 3. The summed E-state index contributed by atoms with van der Waals surface area (Å²) < 4.78 is 22.1. The topological polar surface area (TPSA) is 46.2 Å². The van der Waals surface area contributed by atoms with Crippen molar-refractivity contribution in [1.29, 1.82) is 0 Å². The van der Waals surface area contributed by atoms with Crippen LogP contribution in [0.1, 0.15) is 19.8 Å². The Balaban J connectivity index is 2.23. The summed E-state index contributed by atoms with van der Waals surface area (Å²) in [6.45, 7) is 2.06. The van der Waals surface area contributed by atoms with Gasteiger partial charge in [0.1, 0.15) is 0 Å². The normalized spacial score (nSPS) is 32.4. The van der Waals surface area contributed by atoms with Crippen molar-refractivity contribution in [2.24, 2.45) is 0 Å². The van der Waals surface area contributed by atoms with E-state index in [-0.39, 0.29) is 0 Å². The lowest BCUT2D eigenvalue weighted by Crippen LogP contribution is -2.42. The third-order valence-electron chi connectivity index (χ3n) is 2.39. The largest absolute Gasteiger partial charge is 0.311 e. The van der Waals surface area contributed by atoms with Crippen LogP contribution in [-0.4, -0.2) is 44.0 Å². The van der Waals surface area contributed by atoms with Gasteiger partial charge in [0.2, 0.25) is 0 Å². The summed E-state index contributed by atoms with van der Waals surface area (Å²) in [5.74, 6) is 2.35. The van der Waals surface area contributed by atoms with Crippen molar-refractivity contribution in [2.45, 2.75) is 31.8 Å². The molecule has 0 aromatic heterocycles. The van der Waals surface area contributed by atoms with Crippen LogP contribution in [0.25, 0.3) is 0 Å². The van der Waals surface area contributed by atoms with Crippen molar-refractivity contribution >= 4 is 21.6 Å². The molecule has 0 radical (unpaired) electrons. The zero-order valence-electron chi connectivity index (χ0n) is 8.82. The minimum absolute atomic E-state index is 0.303. The predicted molar refractivity (Wildman–Crippen MR) is 62.4 cm³/mol. The molecule has 1 rings (SSSR count). The Kier molecular flexibility index (Phi) is 5.26. The fraction of sp³-hybridized carbons (Fsp3) is 1.00. The van der Waals surface area contributed by atoms with Crippen LogP contribution in [0.15, 0.2) is 0 Å². The summed E-state index contributed by atoms with van der Waals surface area (Å²) in [6, 6.07) is 0.781. The lowest BCUT2D eigenvalue weighted by Gasteiger charge is -2.25. The minimum Gasteiger partial charge on any atom is -0.311 e. The standard InChI is InChI=1S/C9H19NO2S2/c1-8(7-13(2)11)10-9-3-5-14(12)6-4-9/h8-10H,3-7H2,1-2H3. The van der Waals surface area contributed by atoms with Crippen LogP contribution in [0.5, 0.6) is 0 Å². The van der Waals surface area contributed by atoms with E-state index in [0.717, 1.165) is 24.3 Å². The Labute approximate surface area is 91.0 Å². The first-order valence-electron chi connectivity index (χ1n) is 4.99.